The van der Waals surface area contributed by atoms with Crippen LogP contribution < -0.4 is 5.73 Å². The maximum absolute atomic E-state index is 6.14. The van der Waals surface area contributed by atoms with Gasteiger partial charge in [-0.05, 0) is 65.4 Å². The van der Waals surface area contributed by atoms with Gasteiger partial charge in [0.2, 0.25) is 0 Å². The standard InChI is InChI=1S/C13H14BrNO/c1-7-4-9-6-11(12(15)8-2-3-8)16-13(9)10(14)5-7/h4-6,8,12H,2-3,15H2,1H3. The molecule has 1 unspecified atom stereocenters. The van der Waals surface area contributed by atoms with E-state index in [2.05, 4.69) is 41.1 Å². The van der Waals surface area contributed by atoms with E-state index in [9.17, 15) is 0 Å². The zero-order chi connectivity index (χ0) is 11.3. The molecule has 0 saturated heterocycles. The molecule has 2 nitrogen and oxygen atoms in total. The number of aryl methyl sites for hydroxylation is 1. The first-order chi connectivity index (χ1) is 7.65. The molecule has 1 aliphatic rings. The lowest BCUT2D eigenvalue weighted by atomic mass is 10.1. The Hall–Kier alpha value is -0.800. The number of benzene rings is 1. The SMILES string of the molecule is Cc1cc(Br)c2oc(C(N)C3CC3)cc2c1. The van der Waals surface area contributed by atoms with Gasteiger partial charge in [0.05, 0.1) is 10.5 Å². The fraction of sp³-hybridized carbons (Fsp3) is 0.385. The Bertz CT molecular complexity index is 542. The lowest BCUT2D eigenvalue weighted by Crippen LogP contribution is -2.10. The first-order valence-corrected chi connectivity index (χ1v) is 6.39. The van der Waals surface area contributed by atoms with E-state index in [4.69, 9.17) is 10.2 Å². The van der Waals surface area contributed by atoms with Crippen LogP contribution in [0.15, 0.2) is 27.1 Å². The predicted octanol–water partition coefficient (Wildman–Crippen LogP) is 3.91. The highest BCUT2D eigenvalue weighted by Crippen LogP contribution is 2.41. The van der Waals surface area contributed by atoms with Gasteiger partial charge in [0, 0.05) is 5.39 Å². The Morgan fingerprint density at radius 1 is 1.38 bits per heavy atom. The van der Waals surface area contributed by atoms with Crippen molar-refractivity contribution < 1.29 is 4.42 Å². The first-order valence-electron chi connectivity index (χ1n) is 5.60. The summed E-state index contributed by atoms with van der Waals surface area (Å²) in [7, 11) is 0. The molecule has 0 bridgehead atoms. The third kappa shape index (κ3) is 1.68. The molecule has 1 aromatic carbocycles. The molecule has 16 heavy (non-hydrogen) atoms. The normalized spacial score (nSPS) is 17.9. The highest BCUT2D eigenvalue weighted by molar-refractivity contribution is 9.10. The average Bonchev–Trinajstić information content (AvgIpc) is 2.97. The summed E-state index contributed by atoms with van der Waals surface area (Å²) in [4.78, 5) is 0. The van der Waals surface area contributed by atoms with Gasteiger partial charge in [-0.25, -0.2) is 0 Å². The second kappa shape index (κ2) is 3.60. The van der Waals surface area contributed by atoms with Gasteiger partial charge in [-0.1, -0.05) is 0 Å². The second-order valence-electron chi connectivity index (χ2n) is 4.68. The molecule has 1 aliphatic carbocycles. The number of hydrogen-bond acceptors (Lipinski definition) is 2. The van der Waals surface area contributed by atoms with Crippen LogP contribution in [0, 0.1) is 12.8 Å². The van der Waals surface area contributed by atoms with E-state index in [0.29, 0.717) is 5.92 Å². The molecule has 1 fully saturated rings. The zero-order valence-corrected chi connectivity index (χ0v) is 10.8. The lowest BCUT2D eigenvalue weighted by molar-refractivity contribution is 0.466. The van der Waals surface area contributed by atoms with Gasteiger partial charge in [-0.15, -0.1) is 0 Å². The Balaban J connectivity index is 2.11. The van der Waals surface area contributed by atoms with E-state index in [1.54, 1.807) is 0 Å². The van der Waals surface area contributed by atoms with Crippen LogP contribution in [0.3, 0.4) is 0 Å². The molecule has 3 heteroatoms. The van der Waals surface area contributed by atoms with Crippen molar-refractivity contribution in [3.63, 3.8) is 0 Å². The summed E-state index contributed by atoms with van der Waals surface area (Å²) in [6.07, 6.45) is 2.47. The van der Waals surface area contributed by atoms with Gasteiger partial charge in [-0.3, -0.25) is 0 Å². The smallest absolute Gasteiger partial charge is 0.148 e. The molecule has 2 aromatic rings. The van der Waals surface area contributed by atoms with Gasteiger partial charge in [-0.2, -0.15) is 0 Å². The third-order valence-corrected chi connectivity index (χ3v) is 3.78. The van der Waals surface area contributed by atoms with Gasteiger partial charge >= 0.3 is 0 Å². The minimum Gasteiger partial charge on any atom is -0.458 e. The lowest BCUT2D eigenvalue weighted by Gasteiger charge is -2.04. The van der Waals surface area contributed by atoms with E-state index in [1.807, 2.05) is 0 Å². The maximum atomic E-state index is 6.14. The number of nitrogens with two attached hydrogens (primary N) is 1. The Labute approximate surface area is 103 Å². The highest BCUT2D eigenvalue weighted by atomic mass is 79.9. The highest BCUT2D eigenvalue weighted by Gasteiger charge is 2.31. The minimum absolute atomic E-state index is 0.0691. The zero-order valence-electron chi connectivity index (χ0n) is 9.16. The Kier molecular flexibility index (Phi) is 2.33. The first kappa shape index (κ1) is 10.4. The molecule has 0 radical (unpaired) electrons. The molecule has 1 heterocycles. The van der Waals surface area contributed by atoms with Crippen molar-refractivity contribution >= 4 is 26.9 Å². The van der Waals surface area contributed by atoms with Gasteiger partial charge in [0.15, 0.2) is 0 Å². The molecule has 84 valence electrons. The molecule has 1 saturated carbocycles. The van der Waals surface area contributed by atoms with Crippen molar-refractivity contribution in [2.45, 2.75) is 25.8 Å². The van der Waals surface area contributed by atoms with Crippen LogP contribution in [0.25, 0.3) is 11.0 Å². The number of halogens is 1. The van der Waals surface area contributed by atoms with Crippen molar-refractivity contribution in [2.75, 3.05) is 0 Å². The quantitative estimate of drug-likeness (QED) is 0.905. The summed E-state index contributed by atoms with van der Waals surface area (Å²) in [5.41, 5.74) is 8.29. The van der Waals surface area contributed by atoms with Crippen molar-refractivity contribution in [2.24, 2.45) is 11.7 Å². The van der Waals surface area contributed by atoms with Crippen LogP contribution in [0.1, 0.15) is 30.2 Å². The maximum Gasteiger partial charge on any atom is 0.148 e. The van der Waals surface area contributed by atoms with E-state index >= 15 is 0 Å². The van der Waals surface area contributed by atoms with E-state index in [0.717, 1.165) is 21.2 Å². The summed E-state index contributed by atoms with van der Waals surface area (Å²) in [5.74, 6) is 1.55. The number of rotatable bonds is 2. The molecule has 2 N–H and O–H groups in total. The Morgan fingerprint density at radius 2 is 2.12 bits per heavy atom. The van der Waals surface area contributed by atoms with Gasteiger partial charge < -0.3 is 10.2 Å². The number of furan rings is 1. The third-order valence-electron chi connectivity index (χ3n) is 3.19. The van der Waals surface area contributed by atoms with E-state index in [-0.39, 0.29) is 6.04 Å². The van der Waals surface area contributed by atoms with Crippen LogP contribution in [0.5, 0.6) is 0 Å². The molecule has 0 aliphatic heterocycles. The topological polar surface area (TPSA) is 39.2 Å². The fourth-order valence-corrected chi connectivity index (χ4v) is 2.79. The number of hydrogen-bond donors (Lipinski definition) is 1. The van der Waals surface area contributed by atoms with Crippen molar-refractivity contribution in [1.82, 2.24) is 0 Å². The van der Waals surface area contributed by atoms with Crippen molar-refractivity contribution in [3.05, 3.63) is 34.0 Å². The minimum atomic E-state index is 0.0691. The van der Waals surface area contributed by atoms with Crippen LogP contribution >= 0.6 is 15.9 Å². The molecular weight excluding hydrogens is 266 g/mol. The molecule has 0 amide bonds. The van der Waals surface area contributed by atoms with E-state index < -0.39 is 0 Å². The van der Waals surface area contributed by atoms with Gasteiger partial charge in [0.1, 0.15) is 11.3 Å². The summed E-state index contributed by atoms with van der Waals surface area (Å²) >= 11 is 3.53. The molecular formula is C13H14BrNO. The second-order valence-corrected chi connectivity index (χ2v) is 5.53. The monoisotopic (exact) mass is 279 g/mol. The van der Waals surface area contributed by atoms with Crippen LogP contribution in [0.2, 0.25) is 0 Å². The summed E-state index contributed by atoms with van der Waals surface area (Å²) in [6.45, 7) is 2.08. The van der Waals surface area contributed by atoms with Crippen molar-refractivity contribution in [3.8, 4) is 0 Å². The molecule has 0 spiro atoms. The molecule has 1 atom stereocenters. The van der Waals surface area contributed by atoms with E-state index in [1.165, 1.54) is 18.4 Å². The number of fused-ring (bicyclic) bond motifs is 1. The van der Waals surface area contributed by atoms with Crippen LogP contribution in [0.4, 0.5) is 0 Å². The Morgan fingerprint density at radius 3 is 2.81 bits per heavy atom. The summed E-state index contributed by atoms with van der Waals surface area (Å²) in [5, 5.41) is 1.14. The largest absolute Gasteiger partial charge is 0.458 e. The summed E-state index contributed by atoms with van der Waals surface area (Å²) in [6, 6.07) is 6.35. The van der Waals surface area contributed by atoms with Crippen molar-refractivity contribution in [1.29, 1.82) is 0 Å². The average molecular weight is 280 g/mol. The molecule has 3 rings (SSSR count). The summed E-state index contributed by atoms with van der Waals surface area (Å²) < 4.78 is 6.86. The molecule has 1 aromatic heterocycles. The van der Waals surface area contributed by atoms with Crippen LogP contribution in [-0.4, -0.2) is 0 Å². The fourth-order valence-electron chi connectivity index (χ4n) is 2.12. The van der Waals surface area contributed by atoms with Gasteiger partial charge in [0.25, 0.3) is 0 Å². The van der Waals surface area contributed by atoms with Crippen LogP contribution in [-0.2, 0) is 0 Å². The predicted molar refractivity (Wildman–Crippen MR) is 68.3 cm³/mol.